The molecule has 0 aromatic heterocycles. The minimum absolute atomic E-state index is 0.0863. The van der Waals surface area contributed by atoms with Gasteiger partial charge >= 0.3 is 0 Å². The van der Waals surface area contributed by atoms with Gasteiger partial charge in [-0.25, -0.2) is 5.43 Å². The fourth-order valence-electron chi connectivity index (χ4n) is 4.19. The molecule has 0 spiro atoms. The van der Waals surface area contributed by atoms with Gasteiger partial charge in [-0.2, -0.15) is 5.10 Å². The van der Waals surface area contributed by atoms with E-state index in [0.29, 0.717) is 12.2 Å². The van der Waals surface area contributed by atoms with Gasteiger partial charge in [0.05, 0.1) is 25.5 Å². The maximum Gasteiger partial charge on any atom is 0.271 e. The van der Waals surface area contributed by atoms with Crippen molar-refractivity contribution in [1.29, 1.82) is 0 Å². The van der Waals surface area contributed by atoms with Crippen molar-refractivity contribution >= 4 is 34.5 Å². The predicted octanol–water partition coefficient (Wildman–Crippen LogP) is 5.53. The van der Waals surface area contributed by atoms with E-state index in [9.17, 15) is 9.90 Å². The molecule has 0 aliphatic rings. The van der Waals surface area contributed by atoms with Crippen LogP contribution in [0.1, 0.15) is 21.5 Å². The molecule has 0 saturated carbocycles. The Morgan fingerprint density at radius 2 is 1.70 bits per heavy atom. The van der Waals surface area contributed by atoms with Gasteiger partial charge in [0.1, 0.15) is 18.1 Å². The molecule has 0 unspecified atom stereocenters. The summed E-state index contributed by atoms with van der Waals surface area (Å²) in [5.74, 6) is 1.72. The van der Waals surface area contributed by atoms with Gasteiger partial charge in [0.2, 0.25) is 0 Å². The number of phenols is 1. The molecule has 4 aromatic rings. The Balaban J connectivity index is 1.33. The highest BCUT2D eigenvalue weighted by Crippen LogP contribution is 2.29. The number of ether oxygens (including phenoxy) is 3. The van der Waals surface area contributed by atoms with Gasteiger partial charge in [0, 0.05) is 29.6 Å². The maximum absolute atomic E-state index is 12.4. The number of likely N-dealkylation sites (N-methyl/N-ethyl adjacent to an activating group) is 1. The first-order valence-electron chi connectivity index (χ1n) is 12.8. The number of nitrogens with zero attached hydrogens (tertiary/aromatic N) is 2. The summed E-state index contributed by atoms with van der Waals surface area (Å²) in [5, 5.41) is 15.7. The van der Waals surface area contributed by atoms with E-state index in [1.54, 1.807) is 20.4 Å². The molecule has 0 saturated heterocycles. The normalized spacial score (nSPS) is 11.2. The van der Waals surface area contributed by atoms with Crippen LogP contribution in [0.3, 0.4) is 0 Å². The summed E-state index contributed by atoms with van der Waals surface area (Å²) < 4.78 is 16.9. The van der Waals surface area contributed by atoms with E-state index in [4.69, 9.17) is 25.8 Å². The largest absolute Gasteiger partial charge is 0.506 e. The molecule has 0 bridgehead atoms. The monoisotopic (exact) mass is 561 g/mol. The van der Waals surface area contributed by atoms with E-state index < -0.39 is 5.91 Å². The lowest BCUT2D eigenvalue weighted by atomic mass is 10.0. The van der Waals surface area contributed by atoms with Crippen LogP contribution in [0.15, 0.2) is 77.9 Å². The van der Waals surface area contributed by atoms with Crippen molar-refractivity contribution in [3.63, 3.8) is 0 Å². The molecule has 0 aliphatic carbocycles. The van der Waals surface area contributed by atoms with Crippen LogP contribution in [0.4, 0.5) is 0 Å². The van der Waals surface area contributed by atoms with Crippen molar-refractivity contribution in [2.75, 3.05) is 41.0 Å². The summed E-state index contributed by atoms with van der Waals surface area (Å²) in [6, 6.07) is 21.9. The molecule has 2 N–H and O–H groups in total. The number of methoxy groups -OCH3 is 2. The first kappa shape index (κ1) is 28.7. The third kappa shape index (κ3) is 7.22. The van der Waals surface area contributed by atoms with Gasteiger partial charge in [-0.1, -0.05) is 41.9 Å². The number of benzene rings is 4. The average molecular weight is 562 g/mol. The fourth-order valence-corrected chi connectivity index (χ4v) is 4.37. The Hall–Kier alpha value is -4.27. The molecule has 1 amide bonds. The minimum Gasteiger partial charge on any atom is -0.506 e. The lowest BCUT2D eigenvalue weighted by Crippen LogP contribution is -2.26. The Morgan fingerprint density at radius 1 is 0.950 bits per heavy atom. The van der Waals surface area contributed by atoms with Crippen molar-refractivity contribution < 1.29 is 24.1 Å². The third-order valence-electron chi connectivity index (χ3n) is 6.46. The number of fused-ring (bicyclic) bond motifs is 1. The number of halogens is 1. The summed E-state index contributed by atoms with van der Waals surface area (Å²) >= 11 is 5.89. The van der Waals surface area contributed by atoms with Crippen molar-refractivity contribution in [1.82, 2.24) is 10.3 Å². The molecule has 4 aromatic carbocycles. The molecule has 208 valence electrons. The first-order chi connectivity index (χ1) is 19.4. The summed E-state index contributed by atoms with van der Waals surface area (Å²) in [6.45, 7) is 2.17. The number of hydrogen-bond donors (Lipinski definition) is 2. The molecule has 0 heterocycles. The molecule has 9 heteroatoms. The number of aromatic hydroxyl groups is 1. The van der Waals surface area contributed by atoms with Gasteiger partial charge in [-0.3, -0.25) is 4.79 Å². The highest BCUT2D eigenvalue weighted by molar-refractivity contribution is 6.32. The average Bonchev–Trinajstić information content (AvgIpc) is 2.98. The second-order valence-corrected chi connectivity index (χ2v) is 9.56. The number of amides is 1. The number of carbonyl (C=O) groups excluding carboxylic acids is 1. The molecular weight excluding hydrogens is 530 g/mol. The number of hydrazone groups is 1. The highest BCUT2D eigenvalue weighted by Gasteiger charge is 2.10. The van der Waals surface area contributed by atoms with Gasteiger partial charge < -0.3 is 24.2 Å². The Morgan fingerprint density at radius 3 is 2.45 bits per heavy atom. The van der Waals surface area contributed by atoms with Crippen LogP contribution in [0.2, 0.25) is 5.02 Å². The SMILES string of the molecule is COc1ccc(CCN(C)CCOc2ccc(/C=N/NC(=O)c3ccc(O)c(Cl)c3)c3ccccc23)cc1OC. The van der Waals surface area contributed by atoms with E-state index in [-0.39, 0.29) is 10.8 Å². The Kier molecular flexibility index (Phi) is 9.83. The predicted molar refractivity (Wildman–Crippen MR) is 158 cm³/mol. The first-order valence-corrected chi connectivity index (χ1v) is 13.1. The lowest BCUT2D eigenvalue weighted by Gasteiger charge is -2.18. The fraction of sp³-hybridized carbons (Fsp3) is 0.226. The topological polar surface area (TPSA) is 92.6 Å². The van der Waals surface area contributed by atoms with Crippen molar-refractivity contribution in [2.45, 2.75) is 6.42 Å². The van der Waals surface area contributed by atoms with Crippen LogP contribution in [-0.2, 0) is 6.42 Å². The van der Waals surface area contributed by atoms with Crippen LogP contribution < -0.4 is 19.6 Å². The molecule has 8 nitrogen and oxygen atoms in total. The number of hydrogen-bond acceptors (Lipinski definition) is 7. The summed E-state index contributed by atoms with van der Waals surface area (Å²) in [7, 11) is 5.35. The standard InChI is InChI=1S/C31H32ClN3O5/c1-35(15-14-21-8-12-29(38-2)30(18-21)39-3)16-17-40-28-13-10-23(24-6-4-5-7-25(24)28)20-33-34-31(37)22-9-11-27(36)26(32)19-22/h4-13,18-20,36H,14-17H2,1-3H3,(H,34,37)/b33-20+. The van der Waals surface area contributed by atoms with Crippen LogP contribution >= 0.6 is 11.6 Å². The molecule has 0 aliphatic heterocycles. The van der Waals surface area contributed by atoms with E-state index in [1.165, 1.54) is 23.8 Å². The Bertz CT molecular complexity index is 1510. The maximum atomic E-state index is 12.4. The number of phenolic OH excluding ortho intramolecular Hbond substituents is 1. The van der Waals surface area contributed by atoms with Crippen LogP contribution in [0.25, 0.3) is 10.8 Å². The van der Waals surface area contributed by atoms with Crippen molar-refractivity contribution in [3.8, 4) is 23.0 Å². The molecular formula is C31H32ClN3O5. The van der Waals surface area contributed by atoms with Gasteiger partial charge in [-0.15, -0.1) is 0 Å². The zero-order valence-corrected chi connectivity index (χ0v) is 23.4. The van der Waals surface area contributed by atoms with Gasteiger partial charge in [0.25, 0.3) is 5.91 Å². The van der Waals surface area contributed by atoms with E-state index in [0.717, 1.165) is 53.1 Å². The third-order valence-corrected chi connectivity index (χ3v) is 6.76. The van der Waals surface area contributed by atoms with Crippen molar-refractivity contribution in [3.05, 3.63) is 94.5 Å². The molecule has 4 rings (SSSR count). The summed E-state index contributed by atoms with van der Waals surface area (Å²) in [5.41, 5.74) is 4.80. The molecule has 0 fully saturated rings. The second kappa shape index (κ2) is 13.7. The quantitative estimate of drug-likeness (QED) is 0.174. The second-order valence-electron chi connectivity index (χ2n) is 9.15. The zero-order valence-electron chi connectivity index (χ0n) is 22.7. The molecule has 0 atom stereocenters. The van der Waals surface area contributed by atoms with Gasteiger partial charge in [-0.05, 0) is 66.9 Å². The number of carbonyl (C=O) groups is 1. The summed E-state index contributed by atoms with van der Waals surface area (Å²) in [6.07, 6.45) is 2.47. The number of rotatable bonds is 12. The molecule has 0 radical (unpaired) electrons. The van der Waals surface area contributed by atoms with E-state index in [1.807, 2.05) is 48.5 Å². The Labute approximate surface area is 238 Å². The van der Waals surface area contributed by atoms with Crippen LogP contribution in [0.5, 0.6) is 23.0 Å². The zero-order chi connectivity index (χ0) is 28.5. The molecule has 40 heavy (non-hydrogen) atoms. The van der Waals surface area contributed by atoms with Crippen LogP contribution in [-0.4, -0.2) is 63.1 Å². The van der Waals surface area contributed by atoms with E-state index in [2.05, 4.69) is 28.5 Å². The van der Waals surface area contributed by atoms with E-state index >= 15 is 0 Å². The minimum atomic E-state index is -0.433. The van der Waals surface area contributed by atoms with Gasteiger partial charge in [0.15, 0.2) is 11.5 Å². The smallest absolute Gasteiger partial charge is 0.271 e. The van der Waals surface area contributed by atoms with Crippen molar-refractivity contribution in [2.24, 2.45) is 5.10 Å². The lowest BCUT2D eigenvalue weighted by molar-refractivity contribution is 0.0955. The summed E-state index contributed by atoms with van der Waals surface area (Å²) in [4.78, 5) is 14.6. The highest BCUT2D eigenvalue weighted by atomic mass is 35.5. The van der Waals surface area contributed by atoms with Crippen LogP contribution in [0, 0.1) is 0 Å². The number of nitrogens with one attached hydrogen (secondary N) is 1.